The number of hydrogen-bond acceptors (Lipinski definition) is 3. The Morgan fingerprint density at radius 1 is 1.38 bits per heavy atom. The molecule has 2 unspecified atom stereocenters. The van der Waals surface area contributed by atoms with Gasteiger partial charge >= 0.3 is 0 Å². The molecule has 0 amide bonds. The summed E-state index contributed by atoms with van der Waals surface area (Å²) in [7, 11) is 0. The third-order valence-electron chi connectivity index (χ3n) is 3.97. The van der Waals surface area contributed by atoms with E-state index in [2.05, 4.69) is 34.6 Å². The van der Waals surface area contributed by atoms with Crippen molar-refractivity contribution in [2.45, 2.75) is 18.9 Å². The van der Waals surface area contributed by atoms with Crippen molar-refractivity contribution in [2.24, 2.45) is 22.7 Å². The number of allylic oxidation sites excluding steroid dienone is 4. The van der Waals surface area contributed by atoms with Gasteiger partial charge < -0.3 is 10.4 Å². The molecule has 0 aromatic heterocycles. The predicted octanol–water partition coefficient (Wildman–Crippen LogP) is 1.12. The van der Waals surface area contributed by atoms with Crippen LogP contribution in [0.15, 0.2) is 29.3 Å². The van der Waals surface area contributed by atoms with Gasteiger partial charge in [-0.05, 0) is 24.2 Å². The summed E-state index contributed by atoms with van der Waals surface area (Å²) in [5.41, 5.74) is 0. The van der Waals surface area contributed by atoms with Gasteiger partial charge in [0.05, 0.1) is 18.5 Å². The van der Waals surface area contributed by atoms with Crippen LogP contribution in [0.25, 0.3) is 0 Å². The maximum atomic E-state index is 10.1. The molecule has 3 heteroatoms. The van der Waals surface area contributed by atoms with Crippen molar-refractivity contribution in [1.82, 2.24) is 5.32 Å². The first-order valence-corrected chi connectivity index (χ1v) is 6.15. The van der Waals surface area contributed by atoms with Crippen LogP contribution in [0.3, 0.4) is 0 Å². The molecule has 3 rings (SSSR count). The van der Waals surface area contributed by atoms with Crippen LogP contribution in [-0.4, -0.2) is 30.1 Å². The van der Waals surface area contributed by atoms with E-state index in [0.717, 1.165) is 31.8 Å². The number of amidine groups is 1. The third-order valence-corrected chi connectivity index (χ3v) is 3.97. The van der Waals surface area contributed by atoms with Gasteiger partial charge in [0.1, 0.15) is 0 Å². The maximum absolute atomic E-state index is 10.1. The molecule has 86 valence electrons. The number of nitrogens with zero attached hydrogens (tertiary/aromatic N) is 1. The van der Waals surface area contributed by atoms with Crippen molar-refractivity contribution in [3.63, 3.8) is 0 Å². The fourth-order valence-corrected chi connectivity index (χ4v) is 3.16. The lowest BCUT2D eigenvalue weighted by Crippen LogP contribution is -2.28. The summed E-state index contributed by atoms with van der Waals surface area (Å²) in [5.74, 6) is 2.47. The number of aliphatic imine (C=N–C) groups is 1. The molecule has 0 spiro atoms. The average molecular weight is 218 g/mol. The quantitative estimate of drug-likeness (QED) is 0.729. The smallest absolute Gasteiger partial charge is 0.0968 e. The van der Waals surface area contributed by atoms with Crippen LogP contribution in [0.5, 0.6) is 0 Å². The van der Waals surface area contributed by atoms with Gasteiger partial charge in [0.2, 0.25) is 0 Å². The second-order valence-corrected chi connectivity index (χ2v) is 4.94. The van der Waals surface area contributed by atoms with Crippen molar-refractivity contribution in [3.05, 3.63) is 24.3 Å². The first-order valence-electron chi connectivity index (χ1n) is 6.15. The monoisotopic (exact) mass is 218 g/mol. The zero-order chi connectivity index (χ0) is 11.0. The highest BCUT2D eigenvalue weighted by Gasteiger charge is 2.41. The van der Waals surface area contributed by atoms with Crippen molar-refractivity contribution >= 4 is 5.84 Å². The zero-order valence-electron chi connectivity index (χ0n) is 9.34. The van der Waals surface area contributed by atoms with E-state index < -0.39 is 0 Å². The number of aliphatic hydroxyl groups is 1. The summed E-state index contributed by atoms with van der Waals surface area (Å²) in [6, 6.07) is 0. The van der Waals surface area contributed by atoms with E-state index in [1.165, 1.54) is 0 Å². The van der Waals surface area contributed by atoms with Gasteiger partial charge in [0.15, 0.2) is 0 Å². The van der Waals surface area contributed by atoms with E-state index in [9.17, 15) is 5.11 Å². The molecule has 3 aliphatic rings. The van der Waals surface area contributed by atoms with Crippen LogP contribution in [0.1, 0.15) is 12.8 Å². The molecule has 0 saturated heterocycles. The topological polar surface area (TPSA) is 44.6 Å². The van der Waals surface area contributed by atoms with Crippen LogP contribution < -0.4 is 5.32 Å². The normalized spacial score (nSPS) is 40.7. The van der Waals surface area contributed by atoms with E-state index in [1.807, 2.05) is 0 Å². The Hall–Kier alpha value is -1.09. The molecule has 1 aliphatic heterocycles. The van der Waals surface area contributed by atoms with Gasteiger partial charge in [0, 0.05) is 13.0 Å². The molecule has 2 aliphatic carbocycles. The number of nitrogens with one attached hydrogen (secondary N) is 1. The second kappa shape index (κ2) is 4.06. The SMILES string of the molecule is O[C@@H]1CC2C=CC=CC2[C@H]1CC1=NCCN1. The first-order chi connectivity index (χ1) is 7.84. The summed E-state index contributed by atoms with van der Waals surface area (Å²) < 4.78 is 0. The Morgan fingerprint density at radius 2 is 2.25 bits per heavy atom. The standard InChI is InChI=1S/C13H18N2O/c16-12-7-9-3-1-2-4-10(9)11(12)8-13-14-5-6-15-13/h1-4,9-12,16H,5-8H2,(H,14,15)/t9?,10?,11-,12-/m1/s1. The minimum atomic E-state index is -0.174. The molecular formula is C13H18N2O. The van der Waals surface area contributed by atoms with Crippen molar-refractivity contribution in [1.29, 1.82) is 0 Å². The van der Waals surface area contributed by atoms with Gasteiger partial charge in [0.25, 0.3) is 0 Å². The summed E-state index contributed by atoms with van der Waals surface area (Å²) >= 11 is 0. The van der Waals surface area contributed by atoms with Crippen molar-refractivity contribution in [2.75, 3.05) is 13.1 Å². The van der Waals surface area contributed by atoms with Gasteiger partial charge in [-0.2, -0.15) is 0 Å². The largest absolute Gasteiger partial charge is 0.393 e. The molecule has 1 saturated carbocycles. The van der Waals surface area contributed by atoms with E-state index in [-0.39, 0.29) is 6.10 Å². The third kappa shape index (κ3) is 1.69. The summed E-state index contributed by atoms with van der Waals surface area (Å²) in [5, 5.41) is 13.4. The zero-order valence-corrected chi connectivity index (χ0v) is 9.34. The van der Waals surface area contributed by atoms with E-state index in [0.29, 0.717) is 17.8 Å². The maximum Gasteiger partial charge on any atom is 0.0968 e. The molecular weight excluding hydrogens is 200 g/mol. The fourth-order valence-electron chi connectivity index (χ4n) is 3.16. The van der Waals surface area contributed by atoms with E-state index in [4.69, 9.17) is 0 Å². The molecule has 3 nitrogen and oxygen atoms in total. The molecule has 0 bridgehead atoms. The van der Waals surface area contributed by atoms with Crippen LogP contribution in [0, 0.1) is 17.8 Å². The molecule has 0 aromatic carbocycles. The van der Waals surface area contributed by atoms with E-state index in [1.54, 1.807) is 0 Å². The Bertz CT molecular complexity index is 359. The van der Waals surface area contributed by atoms with Gasteiger partial charge in [-0.3, -0.25) is 4.99 Å². The highest BCUT2D eigenvalue weighted by Crippen LogP contribution is 2.42. The molecule has 2 N–H and O–H groups in total. The Kier molecular flexibility index (Phi) is 2.56. The van der Waals surface area contributed by atoms with E-state index >= 15 is 0 Å². The molecule has 0 radical (unpaired) electrons. The van der Waals surface area contributed by atoms with Crippen molar-refractivity contribution < 1.29 is 5.11 Å². The highest BCUT2D eigenvalue weighted by atomic mass is 16.3. The van der Waals surface area contributed by atoms with Crippen LogP contribution in [0.4, 0.5) is 0 Å². The number of hydrogen-bond donors (Lipinski definition) is 2. The summed E-state index contributed by atoms with van der Waals surface area (Å²) in [6.07, 6.45) is 10.3. The fraction of sp³-hybridized carbons (Fsp3) is 0.615. The number of rotatable bonds is 2. The minimum absolute atomic E-state index is 0.174. The van der Waals surface area contributed by atoms with Crippen LogP contribution in [-0.2, 0) is 0 Å². The Morgan fingerprint density at radius 3 is 3.06 bits per heavy atom. The van der Waals surface area contributed by atoms with Gasteiger partial charge in [-0.1, -0.05) is 24.3 Å². The Labute approximate surface area is 96.0 Å². The first kappa shape index (κ1) is 10.1. The molecule has 1 heterocycles. The average Bonchev–Trinajstić information content (AvgIpc) is 2.89. The summed E-state index contributed by atoms with van der Waals surface area (Å²) in [6.45, 7) is 1.85. The second-order valence-electron chi connectivity index (χ2n) is 4.94. The van der Waals surface area contributed by atoms with Crippen LogP contribution in [0.2, 0.25) is 0 Å². The van der Waals surface area contributed by atoms with Gasteiger partial charge in [-0.25, -0.2) is 0 Å². The minimum Gasteiger partial charge on any atom is -0.393 e. The van der Waals surface area contributed by atoms with Crippen LogP contribution >= 0.6 is 0 Å². The summed E-state index contributed by atoms with van der Waals surface area (Å²) in [4.78, 5) is 4.42. The lowest BCUT2D eigenvalue weighted by Gasteiger charge is -2.22. The number of fused-ring (bicyclic) bond motifs is 1. The molecule has 4 atom stereocenters. The lowest BCUT2D eigenvalue weighted by molar-refractivity contribution is 0.127. The predicted molar refractivity (Wildman–Crippen MR) is 64.3 cm³/mol. The molecule has 0 aromatic rings. The molecule has 1 fully saturated rings. The highest BCUT2D eigenvalue weighted by molar-refractivity contribution is 5.83. The van der Waals surface area contributed by atoms with Crippen molar-refractivity contribution in [3.8, 4) is 0 Å². The lowest BCUT2D eigenvalue weighted by atomic mass is 9.84. The Balaban J connectivity index is 1.73. The molecule has 16 heavy (non-hydrogen) atoms. The number of aliphatic hydroxyl groups excluding tert-OH is 1. The van der Waals surface area contributed by atoms with Gasteiger partial charge in [-0.15, -0.1) is 0 Å².